The monoisotopic (exact) mass is 557 g/mol. The molecule has 37 heavy (non-hydrogen) atoms. The number of carbonyl (C=O) groups is 3. The van der Waals surface area contributed by atoms with Crippen molar-refractivity contribution in [2.75, 3.05) is 16.8 Å². The highest BCUT2D eigenvalue weighted by Gasteiger charge is 2.37. The van der Waals surface area contributed by atoms with E-state index in [2.05, 4.69) is 10.6 Å². The number of hydrogen-bond donors (Lipinski definition) is 2. The molecular weight excluding hydrogens is 533 g/mol. The highest BCUT2D eigenvalue weighted by molar-refractivity contribution is 7.16. The fourth-order valence-corrected chi connectivity index (χ4v) is 5.47. The van der Waals surface area contributed by atoms with Crippen LogP contribution in [0.2, 0.25) is 10.0 Å². The number of nitrogens with one attached hydrogen (secondary N) is 2. The molecule has 4 rings (SSSR count). The predicted octanol–water partition coefficient (Wildman–Crippen LogP) is 7.03. The molecule has 1 aliphatic heterocycles. The number of allylic oxidation sites excluding steroid dienone is 1. The van der Waals surface area contributed by atoms with E-state index in [9.17, 15) is 14.4 Å². The van der Waals surface area contributed by atoms with Gasteiger partial charge >= 0.3 is 12.0 Å². The first-order valence-electron chi connectivity index (χ1n) is 11.5. The van der Waals surface area contributed by atoms with E-state index in [0.29, 0.717) is 43.1 Å². The van der Waals surface area contributed by atoms with Crippen molar-refractivity contribution in [1.29, 1.82) is 0 Å². The van der Waals surface area contributed by atoms with Crippen molar-refractivity contribution in [2.24, 2.45) is 0 Å². The lowest BCUT2D eigenvalue weighted by molar-refractivity contribution is -0.113. The van der Waals surface area contributed by atoms with Crippen LogP contribution in [0.15, 0.2) is 59.8 Å². The molecule has 2 heterocycles. The third-order valence-electron chi connectivity index (χ3n) is 6.11. The van der Waals surface area contributed by atoms with E-state index in [1.165, 1.54) is 16.2 Å². The molecule has 0 aliphatic carbocycles. The summed E-state index contributed by atoms with van der Waals surface area (Å²) in [5.74, 6) is -0.956. The lowest BCUT2D eigenvalue weighted by atomic mass is 9.94. The van der Waals surface area contributed by atoms with Gasteiger partial charge in [0.1, 0.15) is 5.00 Å². The number of halogens is 2. The van der Waals surface area contributed by atoms with Crippen LogP contribution < -0.4 is 15.5 Å². The van der Waals surface area contributed by atoms with Crippen LogP contribution in [0.5, 0.6) is 0 Å². The van der Waals surface area contributed by atoms with E-state index in [0.717, 1.165) is 10.4 Å². The Kier molecular flexibility index (Phi) is 7.92. The van der Waals surface area contributed by atoms with Gasteiger partial charge in [-0.1, -0.05) is 35.3 Å². The Morgan fingerprint density at radius 1 is 1.03 bits per heavy atom. The average Bonchev–Trinajstić information content (AvgIpc) is 3.13. The Hall–Kier alpha value is -3.33. The maximum atomic E-state index is 13.9. The molecule has 1 aromatic heterocycles. The van der Waals surface area contributed by atoms with Gasteiger partial charge < -0.3 is 15.4 Å². The minimum Gasteiger partial charge on any atom is -0.462 e. The van der Waals surface area contributed by atoms with Crippen LogP contribution >= 0.6 is 34.5 Å². The predicted molar refractivity (Wildman–Crippen MR) is 148 cm³/mol. The van der Waals surface area contributed by atoms with Crippen LogP contribution in [-0.2, 0) is 9.53 Å². The Bertz CT molecular complexity index is 1400. The highest BCUT2D eigenvalue weighted by Crippen LogP contribution is 2.37. The number of amides is 3. The van der Waals surface area contributed by atoms with Gasteiger partial charge in [-0.3, -0.25) is 9.69 Å². The molecule has 0 saturated carbocycles. The molecule has 7 nitrogen and oxygen atoms in total. The van der Waals surface area contributed by atoms with Gasteiger partial charge in [0.2, 0.25) is 0 Å². The number of thiophene rings is 1. The molecule has 3 aromatic rings. The summed E-state index contributed by atoms with van der Waals surface area (Å²) in [7, 11) is 0. The minimum atomic E-state index is -0.749. The van der Waals surface area contributed by atoms with Crippen molar-refractivity contribution in [3.63, 3.8) is 0 Å². The van der Waals surface area contributed by atoms with Crippen LogP contribution in [0.25, 0.3) is 0 Å². The molecule has 3 amide bonds. The number of rotatable bonds is 6. The molecule has 0 fully saturated rings. The largest absolute Gasteiger partial charge is 0.462 e. The Morgan fingerprint density at radius 2 is 1.62 bits per heavy atom. The molecule has 0 spiro atoms. The summed E-state index contributed by atoms with van der Waals surface area (Å²) >= 11 is 13.4. The number of aryl methyl sites for hydroxylation is 1. The number of esters is 1. The van der Waals surface area contributed by atoms with Crippen molar-refractivity contribution in [3.05, 3.63) is 91.4 Å². The smallest absolute Gasteiger partial charge is 0.341 e. The normalized spacial score (nSPS) is 15.5. The molecule has 1 atom stereocenters. The second kappa shape index (κ2) is 11.0. The number of nitrogens with zero attached hydrogens (tertiary/aromatic N) is 1. The first kappa shape index (κ1) is 26.7. The summed E-state index contributed by atoms with van der Waals surface area (Å²) in [5.41, 5.74) is 3.06. The van der Waals surface area contributed by atoms with E-state index in [1.54, 1.807) is 62.4 Å². The maximum Gasteiger partial charge on any atom is 0.341 e. The summed E-state index contributed by atoms with van der Waals surface area (Å²) in [5, 5.41) is 7.30. The molecule has 0 saturated heterocycles. The number of anilines is 2. The van der Waals surface area contributed by atoms with Gasteiger partial charge in [-0.2, -0.15) is 0 Å². The van der Waals surface area contributed by atoms with Crippen molar-refractivity contribution >= 4 is 63.1 Å². The van der Waals surface area contributed by atoms with E-state index in [1.807, 2.05) is 13.8 Å². The van der Waals surface area contributed by atoms with Crippen LogP contribution in [0.4, 0.5) is 15.5 Å². The number of ether oxygens (including phenoxy) is 1. The number of hydrogen-bond acceptors (Lipinski definition) is 5. The molecule has 10 heteroatoms. The molecule has 192 valence electrons. The second-order valence-corrected chi connectivity index (χ2v) is 10.5. The summed E-state index contributed by atoms with van der Waals surface area (Å²) in [6.07, 6.45) is 0. The van der Waals surface area contributed by atoms with Crippen LogP contribution in [0.1, 0.15) is 46.3 Å². The fraction of sp³-hybridized carbons (Fsp3) is 0.222. The molecule has 2 aromatic carbocycles. The lowest BCUT2D eigenvalue weighted by Gasteiger charge is -2.35. The van der Waals surface area contributed by atoms with Gasteiger partial charge in [0.25, 0.3) is 5.91 Å². The van der Waals surface area contributed by atoms with E-state index < -0.39 is 23.9 Å². The van der Waals surface area contributed by atoms with Crippen LogP contribution in [0, 0.1) is 13.8 Å². The third-order valence-corrected chi connectivity index (χ3v) is 7.74. The zero-order valence-corrected chi connectivity index (χ0v) is 23.0. The maximum absolute atomic E-state index is 13.9. The summed E-state index contributed by atoms with van der Waals surface area (Å²) < 4.78 is 5.23. The number of carbonyl (C=O) groups excluding carboxylic acids is 3. The van der Waals surface area contributed by atoms with Crippen LogP contribution in [-0.4, -0.2) is 24.5 Å². The fourth-order valence-electron chi connectivity index (χ4n) is 4.18. The van der Waals surface area contributed by atoms with Crippen molar-refractivity contribution in [1.82, 2.24) is 5.32 Å². The summed E-state index contributed by atoms with van der Waals surface area (Å²) in [4.78, 5) is 42.1. The molecule has 2 N–H and O–H groups in total. The van der Waals surface area contributed by atoms with Gasteiger partial charge in [-0.05, 0) is 75.2 Å². The lowest BCUT2D eigenvalue weighted by Crippen LogP contribution is -2.48. The Labute approximate surface area is 229 Å². The summed E-state index contributed by atoms with van der Waals surface area (Å²) in [6.45, 7) is 7.35. The highest BCUT2D eigenvalue weighted by atomic mass is 35.5. The number of benzene rings is 2. The standard InChI is InChI=1S/C27H25Cl2N3O4S/c1-5-36-26(34)21-14(2)16(4)37-25(21)31-24(33)22-15(3)32(20-12-10-19(29)11-13-20)27(35)30-23(22)17-6-8-18(28)9-7-17/h6-13,23H,5H2,1-4H3,(H,30,35)(H,31,33)/t23-/m1/s1. The molecular formula is C27H25Cl2N3O4S. The minimum absolute atomic E-state index is 0.214. The first-order chi connectivity index (χ1) is 17.6. The van der Waals surface area contributed by atoms with Gasteiger partial charge in [0.15, 0.2) is 0 Å². The Morgan fingerprint density at radius 3 is 2.22 bits per heavy atom. The molecule has 0 radical (unpaired) electrons. The first-order valence-corrected chi connectivity index (χ1v) is 13.1. The third kappa shape index (κ3) is 5.37. The van der Waals surface area contributed by atoms with E-state index in [4.69, 9.17) is 27.9 Å². The van der Waals surface area contributed by atoms with Gasteiger partial charge in [0, 0.05) is 20.6 Å². The molecule has 0 bridgehead atoms. The van der Waals surface area contributed by atoms with Crippen molar-refractivity contribution in [3.8, 4) is 0 Å². The second-order valence-electron chi connectivity index (χ2n) is 8.41. The summed E-state index contributed by atoms with van der Waals surface area (Å²) in [6, 6.07) is 12.5. The van der Waals surface area contributed by atoms with E-state index >= 15 is 0 Å². The quantitative estimate of drug-likeness (QED) is 0.318. The zero-order chi connectivity index (χ0) is 26.9. The van der Waals surface area contributed by atoms with Gasteiger partial charge in [0.05, 0.1) is 29.5 Å². The molecule has 0 unspecified atom stereocenters. The van der Waals surface area contributed by atoms with E-state index in [-0.39, 0.29) is 6.61 Å². The Balaban J connectivity index is 1.81. The van der Waals surface area contributed by atoms with Crippen molar-refractivity contribution < 1.29 is 19.1 Å². The van der Waals surface area contributed by atoms with Crippen LogP contribution in [0.3, 0.4) is 0 Å². The van der Waals surface area contributed by atoms with Crippen molar-refractivity contribution in [2.45, 2.75) is 33.7 Å². The average molecular weight is 558 g/mol. The van der Waals surface area contributed by atoms with Gasteiger partial charge in [-0.15, -0.1) is 11.3 Å². The van der Waals surface area contributed by atoms with Gasteiger partial charge in [-0.25, -0.2) is 9.59 Å². The zero-order valence-electron chi connectivity index (χ0n) is 20.6. The topological polar surface area (TPSA) is 87.7 Å². The number of urea groups is 1. The SMILES string of the molecule is CCOC(=O)c1c(NC(=O)C2=C(C)N(c3ccc(Cl)cc3)C(=O)N[C@@H]2c2ccc(Cl)cc2)sc(C)c1C. The molecule has 1 aliphatic rings.